The van der Waals surface area contributed by atoms with Gasteiger partial charge < -0.3 is 10.1 Å². The number of benzene rings is 1. The molecule has 1 saturated heterocycles. The van der Waals surface area contributed by atoms with E-state index in [1.54, 1.807) is 30.2 Å². The monoisotopic (exact) mass is 306 g/mol. The number of methoxy groups -OCH3 is 1. The number of hydrogen-bond acceptors (Lipinski definition) is 5. The molecule has 2 atom stereocenters. The van der Waals surface area contributed by atoms with Gasteiger partial charge in [0.25, 0.3) is 0 Å². The van der Waals surface area contributed by atoms with Gasteiger partial charge in [0.05, 0.1) is 17.8 Å². The minimum Gasteiger partial charge on any atom is -0.380 e. The van der Waals surface area contributed by atoms with Crippen LogP contribution in [0.3, 0.4) is 0 Å². The highest BCUT2D eigenvalue weighted by Gasteiger charge is 2.26. The standard InChI is InChI=1S/C15H18N2OS2/c1-18-11-7-13(16-8-11)14-9-20-15(17-14)10-3-5-12(19-2)6-4-10/h3-6,9,11,13,16H,7-8H2,1-2H3. The van der Waals surface area contributed by atoms with Crippen LogP contribution in [0.15, 0.2) is 34.5 Å². The Kier molecular flexibility index (Phi) is 4.41. The second kappa shape index (κ2) is 6.26. The van der Waals surface area contributed by atoms with Crippen LogP contribution in [-0.2, 0) is 4.74 Å². The van der Waals surface area contributed by atoms with Crippen LogP contribution in [0, 0.1) is 0 Å². The third kappa shape index (κ3) is 2.91. The van der Waals surface area contributed by atoms with Crippen LogP contribution in [0.5, 0.6) is 0 Å². The van der Waals surface area contributed by atoms with Gasteiger partial charge in [0, 0.05) is 29.5 Å². The van der Waals surface area contributed by atoms with Crippen molar-refractivity contribution in [1.29, 1.82) is 0 Å². The highest BCUT2D eigenvalue weighted by Crippen LogP contribution is 2.31. The molecule has 1 aromatic carbocycles. The number of thioether (sulfide) groups is 1. The van der Waals surface area contributed by atoms with E-state index in [4.69, 9.17) is 9.72 Å². The highest BCUT2D eigenvalue weighted by molar-refractivity contribution is 7.98. The van der Waals surface area contributed by atoms with Crippen LogP contribution >= 0.6 is 23.1 Å². The Hall–Kier alpha value is -0.880. The van der Waals surface area contributed by atoms with Crippen molar-refractivity contribution in [2.45, 2.75) is 23.5 Å². The zero-order chi connectivity index (χ0) is 13.9. The molecule has 0 bridgehead atoms. The normalized spacial score (nSPS) is 22.3. The molecule has 20 heavy (non-hydrogen) atoms. The summed E-state index contributed by atoms with van der Waals surface area (Å²) in [6.07, 6.45) is 3.41. The molecule has 0 saturated carbocycles. The van der Waals surface area contributed by atoms with E-state index in [-0.39, 0.29) is 0 Å². The van der Waals surface area contributed by atoms with Gasteiger partial charge in [0.2, 0.25) is 0 Å². The van der Waals surface area contributed by atoms with Crippen molar-refractivity contribution in [2.24, 2.45) is 0 Å². The maximum Gasteiger partial charge on any atom is 0.123 e. The molecule has 0 aliphatic carbocycles. The topological polar surface area (TPSA) is 34.1 Å². The summed E-state index contributed by atoms with van der Waals surface area (Å²) in [4.78, 5) is 6.06. The Morgan fingerprint density at radius 1 is 1.35 bits per heavy atom. The second-order valence-corrected chi connectivity index (χ2v) is 6.60. The van der Waals surface area contributed by atoms with Gasteiger partial charge in [-0.1, -0.05) is 12.1 Å². The minimum absolute atomic E-state index is 0.311. The lowest BCUT2D eigenvalue weighted by molar-refractivity contribution is 0.117. The van der Waals surface area contributed by atoms with E-state index in [0.717, 1.165) is 23.7 Å². The summed E-state index contributed by atoms with van der Waals surface area (Å²) in [5.74, 6) is 0. The van der Waals surface area contributed by atoms with Gasteiger partial charge in [-0.15, -0.1) is 23.1 Å². The Labute approximate surface area is 127 Å². The van der Waals surface area contributed by atoms with Gasteiger partial charge in [0.1, 0.15) is 5.01 Å². The highest BCUT2D eigenvalue weighted by atomic mass is 32.2. The molecular formula is C15H18N2OS2. The van der Waals surface area contributed by atoms with E-state index in [1.807, 2.05) is 0 Å². The maximum absolute atomic E-state index is 5.39. The largest absolute Gasteiger partial charge is 0.380 e. The Morgan fingerprint density at radius 3 is 2.80 bits per heavy atom. The number of hydrogen-bond donors (Lipinski definition) is 1. The van der Waals surface area contributed by atoms with E-state index < -0.39 is 0 Å². The molecule has 2 heterocycles. The number of aromatic nitrogens is 1. The summed E-state index contributed by atoms with van der Waals surface area (Å²) in [6.45, 7) is 0.913. The van der Waals surface area contributed by atoms with Gasteiger partial charge >= 0.3 is 0 Å². The van der Waals surface area contributed by atoms with E-state index in [1.165, 1.54) is 10.5 Å². The fourth-order valence-corrected chi connectivity index (χ4v) is 3.71. The molecule has 5 heteroatoms. The van der Waals surface area contributed by atoms with E-state index in [9.17, 15) is 0 Å². The van der Waals surface area contributed by atoms with Gasteiger partial charge in [0.15, 0.2) is 0 Å². The number of thiazole rings is 1. The van der Waals surface area contributed by atoms with Crippen LogP contribution in [-0.4, -0.2) is 31.0 Å². The lowest BCUT2D eigenvalue weighted by Gasteiger charge is -2.06. The van der Waals surface area contributed by atoms with E-state index in [0.29, 0.717) is 12.1 Å². The number of ether oxygens (including phenoxy) is 1. The lowest BCUT2D eigenvalue weighted by atomic mass is 10.1. The van der Waals surface area contributed by atoms with Crippen LogP contribution < -0.4 is 5.32 Å². The van der Waals surface area contributed by atoms with Crippen LogP contribution in [0.1, 0.15) is 18.2 Å². The summed E-state index contributed by atoms with van der Waals surface area (Å²) in [5.41, 5.74) is 2.33. The predicted octanol–water partition coefficient (Wildman–Crippen LogP) is 3.58. The molecule has 0 radical (unpaired) electrons. The van der Waals surface area contributed by atoms with Crippen molar-refractivity contribution < 1.29 is 4.74 Å². The Balaban J connectivity index is 1.76. The molecule has 0 spiro atoms. The third-order valence-electron chi connectivity index (χ3n) is 3.64. The van der Waals surface area contributed by atoms with Gasteiger partial charge in [-0.25, -0.2) is 4.98 Å². The van der Waals surface area contributed by atoms with Crippen molar-refractivity contribution in [3.63, 3.8) is 0 Å². The summed E-state index contributed by atoms with van der Waals surface area (Å²) in [5, 5.41) is 6.73. The van der Waals surface area contributed by atoms with Gasteiger partial charge in [-0.05, 0) is 24.8 Å². The molecule has 1 aliphatic rings. The summed E-state index contributed by atoms with van der Waals surface area (Å²) < 4.78 is 5.39. The van der Waals surface area contributed by atoms with Crippen molar-refractivity contribution in [3.05, 3.63) is 35.3 Å². The molecular weight excluding hydrogens is 288 g/mol. The van der Waals surface area contributed by atoms with Gasteiger partial charge in [-0.2, -0.15) is 0 Å². The average Bonchev–Trinajstić information content (AvgIpc) is 3.16. The Bertz CT molecular complexity index is 568. The first-order valence-electron chi connectivity index (χ1n) is 6.66. The number of nitrogens with one attached hydrogen (secondary N) is 1. The quantitative estimate of drug-likeness (QED) is 0.876. The fourth-order valence-electron chi connectivity index (χ4n) is 2.42. The first-order valence-corrected chi connectivity index (χ1v) is 8.76. The van der Waals surface area contributed by atoms with Crippen LogP contribution in [0.2, 0.25) is 0 Å². The van der Waals surface area contributed by atoms with Crippen molar-refractivity contribution >= 4 is 23.1 Å². The zero-order valence-corrected chi connectivity index (χ0v) is 13.3. The molecule has 106 valence electrons. The zero-order valence-electron chi connectivity index (χ0n) is 11.6. The fraction of sp³-hybridized carbons (Fsp3) is 0.400. The lowest BCUT2D eigenvalue weighted by Crippen LogP contribution is -2.16. The molecule has 2 aromatic rings. The SMILES string of the molecule is COC1CNC(c2csc(-c3ccc(SC)cc3)n2)C1. The van der Waals surface area contributed by atoms with Crippen LogP contribution in [0.4, 0.5) is 0 Å². The molecule has 3 nitrogen and oxygen atoms in total. The molecule has 0 amide bonds. The molecule has 1 N–H and O–H groups in total. The third-order valence-corrected chi connectivity index (χ3v) is 5.29. The molecule has 2 unspecified atom stereocenters. The Morgan fingerprint density at radius 2 is 2.15 bits per heavy atom. The molecule has 3 rings (SSSR count). The second-order valence-electron chi connectivity index (χ2n) is 4.86. The van der Waals surface area contributed by atoms with Crippen LogP contribution in [0.25, 0.3) is 10.6 Å². The summed E-state index contributed by atoms with van der Waals surface area (Å²) in [7, 11) is 1.77. The van der Waals surface area contributed by atoms with E-state index in [2.05, 4.69) is 41.2 Å². The molecule has 1 aliphatic heterocycles. The number of nitrogens with zero attached hydrogens (tertiary/aromatic N) is 1. The molecule has 1 aromatic heterocycles. The first kappa shape index (κ1) is 14.1. The van der Waals surface area contributed by atoms with Gasteiger partial charge in [-0.3, -0.25) is 0 Å². The first-order chi connectivity index (χ1) is 9.80. The molecule has 1 fully saturated rings. The van der Waals surface area contributed by atoms with Crippen molar-refractivity contribution in [1.82, 2.24) is 10.3 Å². The average molecular weight is 306 g/mol. The summed E-state index contributed by atoms with van der Waals surface area (Å²) >= 11 is 3.47. The number of rotatable bonds is 4. The van der Waals surface area contributed by atoms with E-state index >= 15 is 0 Å². The van der Waals surface area contributed by atoms with Crippen molar-refractivity contribution in [2.75, 3.05) is 19.9 Å². The summed E-state index contributed by atoms with van der Waals surface area (Å²) in [6, 6.07) is 8.92. The minimum atomic E-state index is 0.311. The maximum atomic E-state index is 5.39. The predicted molar refractivity (Wildman–Crippen MR) is 85.5 cm³/mol. The van der Waals surface area contributed by atoms with Crippen molar-refractivity contribution in [3.8, 4) is 10.6 Å². The smallest absolute Gasteiger partial charge is 0.123 e.